The molecule has 1 unspecified atom stereocenters. The van der Waals surface area contributed by atoms with E-state index in [-0.39, 0.29) is 11.3 Å². The Hall–Kier alpha value is -2.53. The van der Waals surface area contributed by atoms with Gasteiger partial charge in [-0.1, -0.05) is 24.3 Å². The highest BCUT2D eigenvalue weighted by atomic mass is 32.2. The minimum absolute atomic E-state index is 0.0366. The number of carbonyl (C=O) groups is 1. The van der Waals surface area contributed by atoms with Crippen LogP contribution in [0, 0.1) is 0 Å². The molecule has 1 aliphatic rings. The average molecular weight is 307 g/mol. The second-order valence-electron chi connectivity index (χ2n) is 5.03. The number of hydrogen-bond acceptors (Lipinski definition) is 4. The van der Waals surface area contributed by atoms with E-state index in [0.717, 1.165) is 16.5 Å². The number of hydrogen-bond donors (Lipinski definition) is 1. The molecule has 1 aromatic carbocycles. The largest absolute Gasteiger partial charge is 0.364 e. The van der Waals surface area contributed by atoms with Crippen LogP contribution in [0.3, 0.4) is 0 Å². The van der Waals surface area contributed by atoms with Crippen molar-refractivity contribution in [1.29, 1.82) is 0 Å². The maximum Gasteiger partial charge on any atom is 0.279 e. The third-order valence-electron chi connectivity index (χ3n) is 3.64. The molecule has 1 atom stereocenters. The minimum Gasteiger partial charge on any atom is -0.364 e. The molecule has 5 heteroatoms. The summed E-state index contributed by atoms with van der Waals surface area (Å²) >= 11 is 1.59. The van der Waals surface area contributed by atoms with Crippen molar-refractivity contribution in [2.24, 2.45) is 0 Å². The van der Waals surface area contributed by atoms with Crippen molar-refractivity contribution in [2.45, 2.75) is 5.37 Å². The Morgan fingerprint density at radius 3 is 2.95 bits per heavy atom. The fourth-order valence-electron chi connectivity index (χ4n) is 2.54. The van der Waals surface area contributed by atoms with Crippen LogP contribution in [0.1, 0.15) is 15.7 Å². The summed E-state index contributed by atoms with van der Waals surface area (Å²) in [5.74, 6) is -0.0416. The summed E-state index contributed by atoms with van der Waals surface area (Å²) in [6.07, 6.45) is 5.38. The summed E-state index contributed by atoms with van der Waals surface area (Å²) in [5, 5.41) is 6.25. The molecule has 0 spiro atoms. The van der Waals surface area contributed by atoms with Crippen molar-refractivity contribution in [2.75, 3.05) is 0 Å². The van der Waals surface area contributed by atoms with Crippen LogP contribution in [-0.2, 0) is 0 Å². The second-order valence-corrected chi connectivity index (χ2v) is 6.01. The number of nitrogens with zero attached hydrogens (tertiary/aromatic N) is 2. The first kappa shape index (κ1) is 13.2. The molecule has 0 saturated carbocycles. The molecule has 0 saturated heterocycles. The third kappa shape index (κ3) is 2.19. The maximum absolute atomic E-state index is 12.7. The summed E-state index contributed by atoms with van der Waals surface area (Å²) < 4.78 is 1.68. The number of para-hydroxylation sites is 1. The molecule has 22 heavy (non-hydrogen) atoms. The molecule has 2 aromatic heterocycles. The van der Waals surface area contributed by atoms with Crippen molar-refractivity contribution in [3.8, 4) is 0 Å². The van der Waals surface area contributed by atoms with E-state index >= 15 is 0 Å². The van der Waals surface area contributed by atoms with Gasteiger partial charge in [0, 0.05) is 34.9 Å². The fraction of sp³-hybridized carbons (Fsp3) is 0.0588. The molecular formula is C17H13N3OS. The van der Waals surface area contributed by atoms with Crippen LogP contribution in [0.5, 0.6) is 0 Å². The van der Waals surface area contributed by atoms with Crippen molar-refractivity contribution >= 4 is 28.6 Å². The smallest absolute Gasteiger partial charge is 0.279 e. The zero-order chi connectivity index (χ0) is 14.9. The van der Waals surface area contributed by atoms with E-state index in [1.54, 1.807) is 22.5 Å². The lowest BCUT2D eigenvalue weighted by molar-refractivity contribution is 0.0952. The minimum atomic E-state index is -0.0416. The van der Waals surface area contributed by atoms with Crippen LogP contribution < -0.4 is 5.32 Å². The SMILES string of the molecule is O=C(C1=CSC(c2cccnc2)N1)n1ccc2ccccc21. The number of fused-ring (bicyclic) bond motifs is 1. The highest BCUT2D eigenvalue weighted by Crippen LogP contribution is 2.34. The summed E-state index contributed by atoms with van der Waals surface area (Å²) in [4.78, 5) is 16.8. The summed E-state index contributed by atoms with van der Waals surface area (Å²) in [6, 6.07) is 13.7. The van der Waals surface area contributed by atoms with Gasteiger partial charge in [0.1, 0.15) is 11.1 Å². The topological polar surface area (TPSA) is 46.9 Å². The molecule has 1 aliphatic heterocycles. The van der Waals surface area contributed by atoms with E-state index in [0.29, 0.717) is 5.70 Å². The van der Waals surface area contributed by atoms with Crippen LogP contribution >= 0.6 is 11.8 Å². The average Bonchev–Trinajstić information content (AvgIpc) is 3.22. The monoisotopic (exact) mass is 307 g/mol. The van der Waals surface area contributed by atoms with Gasteiger partial charge < -0.3 is 5.32 Å². The Labute approximate surface area is 131 Å². The number of aromatic nitrogens is 2. The van der Waals surface area contributed by atoms with Gasteiger partial charge in [-0.05, 0) is 18.2 Å². The first-order valence-electron chi connectivity index (χ1n) is 6.96. The van der Waals surface area contributed by atoms with Gasteiger partial charge in [0.15, 0.2) is 0 Å². The van der Waals surface area contributed by atoms with E-state index in [2.05, 4.69) is 10.3 Å². The summed E-state index contributed by atoms with van der Waals surface area (Å²) in [7, 11) is 0. The van der Waals surface area contributed by atoms with Gasteiger partial charge in [-0.3, -0.25) is 14.3 Å². The number of pyridine rings is 1. The van der Waals surface area contributed by atoms with Gasteiger partial charge in [0.2, 0.25) is 0 Å². The standard InChI is InChI=1S/C17H13N3OS/c21-17(20-9-7-12-4-1-2-6-15(12)20)14-11-22-16(19-14)13-5-3-8-18-10-13/h1-11,16,19H. The first-order valence-corrected chi connectivity index (χ1v) is 7.90. The van der Waals surface area contributed by atoms with Crippen molar-refractivity contribution < 1.29 is 4.79 Å². The Morgan fingerprint density at radius 1 is 1.18 bits per heavy atom. The Bertz CT molecular complexity index is 870. The van der Waals surface area contributed by atoms with Crippen molar-refractivity contribution in [3.05, 3.63) is 77.7 Å². The lowest BCUT2D eigenvalue weighted by atomic mass is 10.2. The molecule has 3 heterocycles. The quantitative estimate of drug-likeness (QED) is 0.786. The number of thioether (sulfide) groups is 1. The van der Waals surface area contributed by atoms with E-state index < -0.39 is 0 Å². The van der Waals surface area contributed by atoms with Crippen LogP contribution in [-0.4, -0.2) is 15.5 Å². The van der Waals surface area contributed by atoms with Crippen LogP contribution in [0.25, 0.3) is 10.9 Å². The normalized spacial score (nSPS) is 17.3. The molecule has 4 nitrogen and oxygen atoms in total. The van der Waals surface area contributed by atoms with Crippen LogP contribution in [0.2, 0.25) is 0 Å². The Kier molecular flexibility index (Phi) is 3.20. The highest BCUT2D eigenvalue weighted by molar-refractivity contribution is 8.02. The van der Waals surface area contributed by atoms with Gasteiger partial charge in [-0.25, -0.2) is 0 Å². The first-order chi connectivity index (χ1) is 10.8. The lowest BCUT2D eigenvalue weighted by Gasteiger charge is -2.12. The van der Waals surface area contributed by atoms with Crippen molar-refractivity contribution in [3.63, 3.8) is 0 Å². The summed E-state index contributed by atoms with van der Waals surface area (Å²) in [5.41, 5.74) is 2.59. The molecule has 0 fully saturated rings. The fourth-order valence-corrected chi connectivity index (χ4v) is 3.47. The Balaban J connectivity index is 1.60. The van der Waals surface area contributed by atoms with Crippen LogP contribution in [0.4, 0.5) is 0 Å². The number of allylic oxidation sites excluding steroid dienone is 1. The van der Waals surface area contributed by atoms with Crippen molar-refractivity contribution in [1.82, 2.24) is 14.9 Å². The molecule has 0 bridgehead atoms. The molecule has 108 valence electrons. The molecule has 4 rings (SSSR count). The predicted molar refractivity (Wildman–Crippen MR) is 88.4 cm³/mol. The van der Waals surface area contributed by atoms with Gasteiger partial charge in [0.05, 0.1) is 5.52 Å². The van der Waals surface area contributed by atoms with E-state index in [1.165, 1.54) is 0 Å². The Morgan fingerprint density at radius 2 is 2.09 bits per heavy atom. The molecule has 0 amide bonds. The van der Waals surface area contributed by atoms with Gasteiger partial charge in [-0.2, -0.15) is 0 Å². The second kappa shape index (κ2) is 5.35. The summed E-state index contributed by atoms with van der Waals surface area (Å²) in [6.45, 7) is 0. The number of carbonyl (C=O) groups excluding carboxylic acids is 1. The predicted octanol–water partition coefficient (Wildman–Crippen LogP) is 3.55. The molecule has 1 N–H and O–H groups in total. The zero-order valence-corrected chi connectivity index (χ0v) is 12.5. The number of benzene rings is 1. The zero-order valence-electron chi connectivity index (χ0n) is 11.6. The van der Waals surface area contributed by atoms with E-state index in [1.807, 2.05) is 60.3 Å². The molecule has 0 radical (unpaired) electrons. The molecular weight excluding hydrogens is 294 g/mol. The molecule has 3 aromatic rings. The number of rotatable bonds is 2. The maximum atomic E-state index is 12.7. The third-order valence-corrected chi connectivity index (χ3v) is 4.68. The van der Waals surface area contributed by atoms with E-state index in [4.69, 9.17) is 0 Å². The lowest BCUT2D eigenvalue weighted by Crippen LogP contribution is -2.23. The highest BCUT2D eigenvalue weighted by Gasteiger charge is 2.24. The van der Waals surface area contributed by atoms with Crippen LogP contribution in [0.15, 0.2) is 72.2 Å². The molecule has 0 aliphatic carbocycles. The van der Waals surface area contributed by atoms with Gasteiger partial charge in [-0.15, -0.1) is 11.8 Å². The van der Waals surface area contributed by atoms with Gasteiger partial charge in [0.25, 0.3) is 5.91 Å². The van der Waals surface area contributed by atoms with E-state index in [9.17, 15) is 4.79 Å². The number of nitrogens with one attached hydrogen (secondary N) is 1. The van der Waals surface area contributed by atoms with Gasteiger partial charge >= 0.3 is 0 Å².